The first kappa shape index (κ1) is 14.4. The number of fused-ring (bicyclic) bond motifs is 1. The van der Waals surface area contributed by atoms with E-state index in [-0.39, 0.29) is 17.8 Å². The van der Waals surface area contributed by atoms with Gasteiger partial charge in [-0.3, -0.25) is 4.79 Å². The van der Waals surface area contributed by atoms with Gasteiger partial charge in [0.05, 0.1) is 0 Å². The van der Waals surface area contributed by atoms with Crippen molar-refractivity contribution in [2.75, 3.05) is 13.1 Å². The number of benzene rings is 1. The molecule has 6 heteroatoms. The minimum Gasteiger partial charge on any atom is -0.336 e. The largest absolute Gasteiger partial charge is 0.336 e. The number of likely N-dealkylation sites (tertiary alicyclic amines) is 1. The molecule has 4 rings (SSSR count). The Bertz CT molecular complexity index is 770. The number of carbonyl (C=O) groups is 1. The minimum atomic E-state index is -0.327. The fraction of sp³-hybridized carbons (Fsp3) is 0.412. The van der Waals surface area contributed by atoms with Crippen molar-refractivity contribution in [3.63, 3.8) is 0 Å². The molecule has 2 N–H and O–H groups in total. The minimum absolute atomic E-state index is 0.0423. The molecule has 2 aliphatic rings. The van der Waals surface area contributed by atoms with Crippen LogP contribution in [-0.4, -0.2) is 39.7 Å². The van der Waals surface area contributed by atoms with Gasteiger partial charge in [-0.05, 0) is 37.8 Å². The van der Waals surface area contributed by atoms with Crippen LogP contribution < -0.4 is 5.73 Å². The maximum atomic E-state index is 14.1. The van der Waals surface area contributed by atoms with E-state index in [1.807, 2.05) is 0 Å². The molecular weight excluding hydrogens is 295 g/mol. The van der Waals surface area contributed by atoms with Gasteiger partial charge in [0.25, 0.3) is 5.91 Å². The molecule has 0 unspecified atom stereocenters. The van der Waals surface area contributed by atoms with Crippen LogP contribution in [0.3, 0.4) is 0 Å². The summed E-state index contributed by atoms with van der Waals surface area (Å²) in [6, 6.07) is 6.59. The molecule has 0 spiro atoms. The maximum Gasteiger partial charge on any atom is 0.274 e. The topological polar surface area (TPSA) is 64.2 Å². The zero-order valence-corrected chi connectivity index (χ0v) is 12.8. The third-order valence-corrected chi connectivity index (χ3v) is 4.73. The average molecular weight is 314 g/mol. The van der Waals surface area contributed by atoms with E-state index in [1.54, 1.807) is 27.8 Å². The van der Waals surface area contributed by atoms with Gasteiger partial charge in [0, 0.05) is 30.4 Å². The number of hydrogen-bond acceptors (Lipinski definition) is 3. The lowest BCUT2D eigenvalue weighted by Gasteiger charge is -2.14. The van der Waals surface area contributed by atoms with Crippen LogP contribution in [0.15, 0.2) is 24.3 Å². The van der Waals surface area contributed by atoms with Crippen molar-refractivity contribution in [1.29, 1.82) is 0 Å². The second-order valence-electron chi connectivity index (χ2n) is 6.29. The van der Waals surface area contributed by atoms with Gasteiger partial charge in [0.15, 0.2) is 5.69 Å². The Labute approximate surface area is 133 Å². The number of hydrogen-bond donors (Lipinski definition) is 1. The lowest BCUT2D eigenvalue weighted by Crippen LogP contribution is -2.32. The van der Waals surface area contributed by atoms with Gasteiger partial charge in [0.2, 0.25) is 0 Å². The molecule has 1 atom stereocenters. The van der Waals surface area contributed by atoms with Gasteiger partial charge in [-0.25, -0.2) is 9.07 Å². The van der Waals surface area contributed by atoms with Crippen molar-refractivity contribution in [2.24, 2.45) is 5.73 Å². The van der Waals surface area contributed by atoms with Crippen molar-refractivity contribution in [2.45, 2.75) is 31.7 Å². The van der Waals surface area contributed by atoms with Crippen LogP contribution in [0, 0.1) is 5.82 Å². The lowest BCUT2D eigenvalue weighted by molar-refractivity contribution is 0.0783. The summed E-state index contributed by atoms with van der Waals surface area (Å²) in [5, 5.41) is 4.48. The first-order valence-corrected chi connectivity index (χ1v) is 8.05. The van der Waals surface area contributed by atoms with Gasteiger partial charge in [-0.2, -0.15) is 5.10 Å². The van der Waals surface area contributed by atoms with Crippen LogP contribution in [0.1, 0.15) is 34.6 Å². The van der Waals surface area contributed by atoms with Crippen molar-refractivity contribution in [1.82, 2.24) is 14.7 Å². The summed E-state index contributed by atoms with van der Waals surface area (Å²) in [5.74, 6) is -0.405. The molecule has 1 aromatic carbocycles. The van der Waals surface area contributed by atoms with E-state index in [0.29, 0.717) is 24.5 Å². The molecule has 2 heterocycles. The SMILES string of the molecule is N[C@@H]1CCN(C(=O)c2nn(-c3ccccc3F)c3c2CCC3)C1. The Morgan fingerprint density at radius 2 is 2.13 bits per heavy atom. The van der Waals surface area contributed by atoms with Crippen LogP contribution >= 0.6 is 0 Å². The molecule has 0 radical (unpaired) electrons. The van der Waals surface area contributed by atoms with E-state index in [4.69, 9.17) is 5.73 Å². The van der Waals surface area contributed by atoms with E-state index < -0.39 is 0 Å². The van der Waals surface area contributed by atoms with E-state index in [2.05, 4.69) is 5.10 Å². The summed E-state index contributed by atoms with van der Waals surface area (Å²) < 4.78 is 15.7. The summed E-state index contributed by atoms with van der Waals surface area (Å²) >= 11 is 0. The first-order chi connectivity index (χ1) is 11.1. The van der Waals surface area contributed by atoms with Crippen molar-refractivity contribution in [3.05, 3.63) is 47.0 Å². The Kier molecular flexibility index (Phi) is 3.41. The number of rotatable bonds is 2. The molecule has 1 aliphatic carbocycles. The summed E-state index contributed by atoms with van der Waals surface area (Å²) in [7, 11) is 0. The highest BCUT2D eigenvalue weighted by Gasteiger charge is 2.32. The first-order valence-electron chi connectivity index (χ1n) is 8.05. The van der Waals surface area contributed by atoms with Crippen molar-refractivity contribution in [3.8, 4) is 5.69 Å². The van der Waals surface area contributed by atoms with Crippen LogP contribution in [0.2, 0.25) is 0 Å². The summed E-state index contributed by atoms with van der Waals surface area (Å²) in [6.45, 7) is 1.24. The van der Waals surface area contributed by atoms with E-state index in [9.17, 15) is 9.18 Å². The molecule has 1 amide bonds. The number of aromatic nitrogens is 2. The number of carbonyl (C=O) groups excluding carboxylic acids is 1. The number of para-hydroxylation sites is 1. The Morgan fingerprint density at radius 3 is 2.87 bits per heavy atom. The molecule has 23 heavy (non-hydrogen) atoms. The van der Waals surface area contributed by atoms with Crippen molar-refractivity contribution >= 4 is 5.91 Å². The second kappa shape index (κ2) is 5.45. The molecule has 1 fully saturated rings. The van der Waals surface area contributed by atoms with Crippen molar-refractivity contribution < 1.29 is 9.18 Å². The predicted octanol–water partition coefficient (Wildman–Crippen LogP) is 1.67. The van der Waals surface area contributed by atoms with Gasteiger partial charge < -0.3 is 10.6 Å². The van der Waals surface area contributed by atoms with E-state index >= 15 is 0 Å². The summed E-state index contributed by atoms with van der Waals surface area (Å²) in [6.07, 6.45) is 3.44. The fourth-order valence-corrected chi connectivity index (χ4v) is 3.55. The molecular formula is C17H19FN4O. The van der Waals surface area contributed by atoms with Crippen LogP contribution in [0.4, 0.5) is 4.39 Å². The van der Waals surface area contributed by atoms with E-state index in [1.165, 1.54) is 6.07 Å². The molecule has 120 valence electrons. The van der Waals surface area contributed by atoms with Gasteiger partial charge in [0.1, 0.15) is 11.5 Å². The predicted molar refractivity (Wildman–Crippen MR) is 84.0 cm³/mol. The smallest absolute Gasteiger partial charge is 0.274 e. The van der Waals surface area contributed by atoms with Gasteiger partial charge >= 0.3 is 0 Å². The second-order valence-corrected chi connectivity index (χ2v) is 6.29. The highest BCUT2D eigenvalue weighted by Crippen LogP contribution is 2.29. The molecule has 5 nitrogen and oxygen atoms in total. The Hall–Kier alpha value is -2.21. The maximum absolute atomic E-state index is 14.1. The third kappa shape index (κ3) is 2.34. The zero-order chi connectivity index (χ0) is 16.0. The fourth-order valence-electron chi connectivity index (χ4n) is 3.55. The molecule has 1 saturated heterocycles. The monoisotopic (exact) mass is 314 g/mol. The Balaban J connectivity index is 1.76. The standard InChI is InChI=1S/C17H19FN4O/c18-13-5-1-2-6-15(13)22-14-7-3-4-12(14)16(20-22)17(23)21-9-8-11(19)10-21/h1-2,5-6,11H,3-4,7-10,19H2/t11-/m1/s1. The van der Waals surface area contributed by atoms with Gasteiger partial charge in [-0.1, -0.05) is 12.1 Å². The quantitative estimate of drug-likeness (QED) is 0.917. The average Bonchev–Trinajstić information content (AvgIpc) is 3.23. The lowest BCUT2D eigenvalue weighted by atomic mass is 10.2. The van der Waals surface area contributed by atoms with E-state index in [0.717, 1.165) is 36.9 Å². The third-order valence-electron chi connectivity index (χ3n) is 4.73. The number of nitrogens with zero attached hydrogens (tertiary/aromatic N) is 3. The normalized spacial score (nSPS) is 20.1. The van der Waals surface area contributed by atoms with Crippen LogP contribution in [0.25, 0.3) is 5.69 Å². The zero-order valence-electron chi connectivity index (χ0n) is 12.8. The number of nitrogens with two attached hydrogens (primary N) is 1. The van der Waals surface area contributed by atoms with Crippen LogP contribution in [0.5, 0.6) is 0 Å². The Morgan fingerprint density at radius 1 is 1.30 bits per heavy atom. The highest BCUT2D eigenvalue weighted by molar-refractivity contribution is 5.94. The molecule has 0 bridgehead atoms. The number of amides is 1. The highest BCUT2D eigenvalue weighted by atomic mass is 19.1. The van der Waals surface area contributed by atoms with Crippen LogP contribution in [-0.2, 0) is 12.8 Å². The molecule has 0 saturated carbocycles. The number of halogens is 1. The molecule has 1 aromatic heterocycles. The summed E-state index contributed by atoms with van der Waals surface area (Å²) in [4.78, 5) is 14.5. The molecule has 2 aromatic rings. The van der Waals surface area contributed by atoms with Gasteiger partial charge in [-0.15, -0.1) is 0 Å². The summed E-state index contributed by atoms with van der Waals surface area (Å²) in [5.41, 5.74) is 8.70. The molecule has 1 aliphatic heterocycles.